The number of unbranched alkanes of at least 4 members (excludes halogenated alkanes) is 20. The minimum absolute atomic E-state index is 0.0833. The summed E-state index contributed by atoms with van der Waals surface area (Å²) in [5.74, 6) is -0.329. The third kappa shape index (κ3) is 43.6. The molecule has 0 rings (SSSR count). The fourth-order valence-corrected chi connectivity index (χ4v) is 6.77. The lowest BCUT2D eigenvalue weighted by Gasteiger charge is -2.24. The van der Waals surface area contributed by atoms with Crippen molar-refractivity contribution in [1.82, 2.24) is 0 Å². The van der Waals surface area contributed by atoms with Gasteiger partial charge in [0.15, 0.2) is 0 Å². The number of carbonyl (C=O) groups is 1. The molecule has 0 saturated carbocycles. The summed E-state index contributed by atoms with van der Waals surface area (Å²) in [6, 6.07) is 0. The topological polar surface area (TPSA) is 91.3 Å². The number of phosphoric acid groups is 1. The van der Waals surface area contributed by atoms with E-state index in [0.717, 1.165) is 57.8 Å². The zero-order valence-corrected chi connectivity index (χ0v) is 38.0. The van der Waals surface area contributed by atoms with Gasteiger partial charge in [-0.1, -0.05) is 152 Å². The first kappa shape index (κ1) is 54.5. The lowest BCUT2D eigenvalue weighted by atomic mass is 10.1. The van der Waals surface area contributed by atoms with Crippen LogP contribution < -0.4 is 0 Å². The summed E-state index contributed by atoms with van der Waals surface area (Å²) in [6.07, 6.45) is 48.5. The van der Waals surface area contributed by atoms with Gasteiger partial charge in [-0.3, -0.25) is 13.8 Å². The molecule has 0 aliphatic heterocycles. The first-order valence-corrected chi connectivity index (χ1v) is 24.4. The third-order valence-corrected chi connectivity index (χ3v) is 10.6. The molecule has 0 aromatic carbocycles. The van der Waals surface area contributed by atoms with Gasteiger partial charge in [0.25, 0.3) is 0 Å². The van der Waals surface area contributed by atoms with Crippen LogP contribution in [0.4, 0.5) is 0 Å². The van der Waals surface area contributed by atoms with Crippen molar-refractivity contribution in [2.45, 2.75) is 193 Å². The first-order valence-electron chi connectivity index (χ1n) is 22.9. The van der Waals surface area contributed by atoms with Gasteiger partial charge in [-0.05, 0) is 77.0 Å². The quantitative estimate of drug-likeness (QED) is 0.0216. The largest absolute Gasteiger partial charge is 0.472 e. The van der Waals surface area contributed by atoms with Crippen LogP contribution >= 0.6 is 7.82 Å². The minimum atomic E-state index is -4.28. The Hall–Kier alpha value is -1.54. The van der Waals surface area contributed by atoms with E-state index >= 15 is 0 Å². The van der Waals surface area contributed by atoms with Crippen LogP contribution in [0.2, 0.25) is 0 Å². The number of allylic oxidation sites excluding steroid dienone is 8. The summed E-state index contributed by atoms with van der Waals surface area (Å²) in [5.41, 5.74) is 0. The number of nitrogens with zero attached hydrogens (tertiary/aromatic N) is 1. The molecule has 1 N–H and O–H groups in total. The highest BCUT2D eigenvalue weighted by atomic mass is 31.2. The second-order valence-electron chi connectivity index (χ2n) is 16.4. The van der Waals surface area contributed by atoms with Crippen molar-refractivity contribution in [3.05, 3.63) is 48.6 Å². The molecule has 9 heteroatoms. The van der Waals surface area contributed by atoms with E-state index in [1.807, 2.05) is 21.1 Å². The summed E-state index contributed by atoms with van der Waals surface area (Å²) in [6.45, 7) is 5.56. The average Bonchev–Trinajstić information content (AvgIpc) is 3.15. The molecule has 0 aromatic heterocycles. The van der Waals surface area contributed by atoms with Crippen LogP contribution in [0.25, 0.3) is 0 Å². The molecule has 0 fully saturated rings. The van der Waals surface area contributed by atoms with Crippen LogP contribution in [0, 0.1) is 0 Å². The number of quaternary nitrogens is 1. The summed E-state index contributed by atoms with van der Waals surface area (Å²) >= 11 is 0. The highest BCUT2D eigenvalue weighted by Crippen LogP contribution is 2.43. The number of rotatable bonds is 42. The minimum Gasteiger partial charge on any atom is -0.457 e. The molecule has 0 radical (unpaired) electrons. The van der Waals surface area contributed by atoms with Crippen molar-refractivity contribution >= 4 is 13.8 Å². The predicted octanol–water partition coefficient (Wildman–Crippen LogP) is 13.6. The Balaban J connectivity index is 4.23. The number of esters is 1. The molecule has 0 bridgehead atoms. The Labute approximate surface area is 346 Å². The molecule has 328 valence electrons. The molecule has 8 nitrogen and oxygen atoms in total. The molecule has 0 aromatic rings. The van der Waals surface area contributed by atoms with E-state index in [4.69, 9.17) is 18.5 Å². The molecular formula is C47H89NO7P+. The number of phosphoric ester groups is 1. The Bertz CT molecular complexity index is 1040. The van der Waals surface area contributed by atoms with E-state index in [0.29, 0.717) is 24.1 Å². The van der Waals surface area contributed by atoms with Crippen molar-refractivity contribution in [3.63, 3.8) is 0 Å². The van der Waals surface area contributed by atoms with Gasteiger partial charge >= 0.3 is 13.8 Å². The predicted molar refractivity (Wildman–Crippen MR) is 238 cm³/mol. The van der Waals surface area contributed by atoms with E-state index in [-0.39, 0.29) is 25.8 Å². The van der Waals surface area contributed by atoms with Crippen molar-refractivity contribution in [2.75, 3.05) is 54.1 Å². The van der Waals surface area contributed by atoms with Crippen molar-refractivity contribution < 1.29 is 37.3 Å². The van der Waals surface area contributed by atoms with E-state index in [9.17, 15) is 14.3 Å². The highest BCUT2D eigenvalue weighted by molar-refractivity contribution is 7.47. The number of ether oxygens (including phenoxy) is 2. The fraction of sp³-hybridized carbons (Fsp3) is 0.809. The highest BCUT2D eigenvalue weighted by Gasteiger charge is 2.26. The summed E-state index contributed by atoms with van der Waals surface area (Å²) in [7, 11) is 1.65. The maximum absolute atomic E-state index is 12.7. The molecule has 2 atom stereocenters. The Morgan fingerprint density at radius 3 is 1.52 bits per heavy atom. The van der Waals surface area contributed by atoms with E-state index in [1.54, 1.807) is 0 Å². The second-order valence-corrected chi connectivity index (χ2v) is 17.9. The molecule has 0 aliphatic rings. The molecule has 2 unspecified atom stereocenters. The van der Waals surface area contributed by atoms with Gasteiger partial charge < -0.3 is 18.9 Å². The normalized spacial score (nSPS) is 14.2. The van der Waals surface area contributed by atoms with Crippen LogP contribution in [0.15, 0.2) is 48.6 Å². The number of hydrogen-bond donors (Lipinski definition) is 1. The van der Waals surface area contributed by atoms with Crippen LogP contribution in [0.5, 0.6) is 0 Å². The summed E-state index contributed by atoms with van der Waals surface area (Å²) < 4.78 is 35.0. The van der Waals surface area contributed by atoms with Crippen LogP contribution in [0.3, 0.4) is 0 Å². The summed E-state index contributed by atoms with van der Waals surface area (Å²) in [5, 5.41) is 0. The van der Waals surface area contributed by atoms with Crippen molar-refractivity contribution in [1.29, 1.82) is 0 Å². The van der Waals surface area contributed by atoms with Gasteiger partial charge in [0, 0.05) is 13.0 Å². The van der Waals surface area contributed by atoms with Gasteiger partial charge in [0.1, 0.15) is 19.3 Å². The number of hydrogen-bond acceptors (Lipinski definition) is 6. The Kier molecular flexibility index (Phi) is 39.1. The van der Waals surface area contributed by atoms with Gasteiger partial charge in [0.2, 0.25) is 0 Å². The number of carbonyl (C=O) groups excluding carboxylic acids is 1. The van der Waals surface area contributed by atoms with E-state index in [1.165, 1.54) is 109 Å². The molecule has 0 heterocycles. The standard InChI is InChI=1S/C47H88NO7P/c1-6-8-10-12-14-16-18-20-21-22-23-24-25-26-27-28-30-32-34-36-38-40-47(49)55-46(45-54-56(50,51)53-43-41-48(3,4)5)44-52-42-39-37-35-33-31-29-19-17-15-13-11-9-7-2/h15,17-18,20,22-23,25-26,46H,6-14,16,19,21,24,27-45H2,1-5H3/p+1/b17-15-,20-18-,23-22-,26-25-. The number of likely N-dealkylation sites (N-methyl/N-ethyl adjacent to an activating group) is 1. The lowest BCUT2D eigenvalue weighted by molar-refractivity contribution is -0.870. The fourth-order valence-electron chi connectivity index (χ4n) is 6.02. The van der Waals surface area contributed by atoms with Crippen LogP contribution in [-0.2, 0) is 27.9 Å². The molecule has 0 amide bonds. The summed E-state index contributed by atoms with van der Waals surface area (Å²) in [4.78, 5) is 22.9. The molecular weight excluding hydrogens is 721 g/mol. The zero-order valence-electron chi connectivity index (χ0n) is 37.1. The van der Waals surface area contributed by atoms with E-state index in [2.05, 4.69) is 62.5 Å². The van der Waals surface area contributed by atoms with Gasteiger partial charge in [0.05, 0.1) is 34.4 Å². The van der Waals surface area contributed by atoms with Crippen molar-refractivity contribution in [2.24, 2.45) is 0 Å². The van der Waals surface area contributed by atoms with E-state index < -0.39 is 13.9 Å². The monoisotopic (exact) mass is 811 g/mol. The SMILES string of the molecule is CCCCC/C=C\CCCCCCCCOCC(COP(=O)(O)OCC[N+](C)(C)C)OC(=O)CCCCCCCC/C=C\C/C=C\C/C=C\CCCCCCC. The maximum Gasteiger partial charge on any atom is 0.472 e. The molecule has 0 saturated heterocycles. The van der Waals surface area contributed by atoms with Gasteiger partial charge in [-0.2, -0.15) is 0 Å². The van der Waals surface area contributed by atoms with Gasteiger partial charge in [-0.15, -0.1) is 0 Å². The molecule has 0 spiro atoms. The molecule has 0 aliphatic carbocycles. The zero-order chi connectivity index (χ0) is 41.3. The van der Waals surface area contributed by atoms with Crippen LogP contribution in [-0.4, -0.2) is 75.6 Å². The Morgan fingerprint density at radius 1 is 0.554 bits per heavy atom. The third-order valence-electron chi connectivity index (χ3n) is 9.61. The van der Waals surface area contributed by atoms with Gasteiger partial charge in [-0.25, -0.2) is 4.57 Å². The maximum atomic E-state index is 12.7. The second kappa shape index (κ2) is 40.2. The van der Waals surface area contributed by atoms with Crippen LogP contribution in [0.1, 0.15) is 187 Å². The smallest absolute Gasteiger partial charge is 0.457 e. The van der Waals surface area contributed by atoms with Crippen molar-refractivity contribution in [3.8, 4) is 0 Å². The lowest BCUT2D eigenvalue weighted by Crippen LogP contribution is -2.37. The molecule has 56 heavy (non-hydrogen) atoms. The average molecular weight is 811 g/mol. The first-order chi connectivity index (χ1) is 27.1. The Morgan fingerprint density at radius 2 is 0.982 bits per heavy atom.